The quantitative estimate of drug-likeness (QED) is 0.796. The third-order valence-corrected chi connectivity index (χ3v) is 4.36. The molecule has 1 heterocycles. The molecule has 0 spiro atoms. The molecular formula is C15H20BrNO2. The maximum atomic E-state index is 11.8. The summed E-state index contributed by atoms with van der Waals surface area (Å²) in [5, 5.41) is 0. The van der Waals surface area contributed by atoms with Crippen molar-refractivity contribution in [3.05, 3.63) is 28.2 Å². The molecule has 0 bridgehead atoms. The van der Waals surface area contributed by atoms with Crippen LogP contribution in [0.1, 0.15) is 30.6 Å². The van der Waals surface area contributed by atoms with Gasteiger partial charge in [-0.3, -0.25) is 4.79 Å². The van der Waals surface area contributed by atoms with Crippen molar-refractivity contribution >= 4 is 27.4 Å². The van der Waals surface area contributed by atoms with E-state index >= 15 is 0 Å². The first-order chi connectivity index (χ1) is 9.02. The van der Waals surface area contributed by atoms with Crippen LogP contribution in [0, 0.1) is 5.92 Å². The lowest BCUT2D eigenvalue weighted by molar-refractivity contribution is 0.0498. The third-order valence-electron chi connectivity index (χ3n) is 3.87. The summed E-state index contributed by atoms with van der Waals surface area (Å²) in [5.74, 6) is 0.668. The van der Waals surface area contributed by atoms with Crippen molar-refractivity contribution in [2.45, 2.75) is 26.4 Å². The van der Waals surface area contributed by atoms with Gasteiger partial charge in [-0.2, -0.15) is 0 Å². The van der Waals surface area contributed by atoms with Crippen molar-refractivity contribution < 1.29 is 9.53 Å². The van der Waals surface area contributed by atoms with E-state index in [0.717, 1.165) is 35.2 Å². The first kappa shape index (κ1) is 14.5. The van der Waals surface area contributed by atoms with Crippen molar-refractivity contribution in [1.82, 2.24) is 0 Å². The number of ketones is 1. The number of hydrogen-bond acceptors (Lipinski definition) is 3. The molecule has 0 N–H and O–H groups in total. The monoisotopic (exact) mass is 325 g/mol. The minimum Gasteiger partial charge on any atom is -0.379 e. The number of halogens is 1. The number of ether oxygens (including phenoxy) is 1. The summed E-state index contributed by atoms with van der Waals surface area (Å²) in [6, 6.07) is 5.91. The molecule has 0 saturated carbocycles. The summed E-state index contributed by atoms with van der Waals surface area (Å²) in [7, 11) is 1.76. The lowest BCUT2D eigenvalue weighted by Gasteiger charge is -2.38. The van der Waals surface area contributed by atoms with Gasteiger partial charge < -0.3 is 9.64 Å². The van der Waals surface area contributed by atoms with E-state index in [0.29, 0.717) is 5.92 Å². The van der Waals surface area contributed by atoms with Crippen LogP contribution in [0.4, 0.5) is 5.69 Å². The zero-order valence-electron chi connectivity index (χ0n) is 11.6. The van der Waals surface area contributed by atoms with E-state index in [4.69, 9.17) is 4.74 Å². The summed E-state index contributed by atoms with van der Waals surface area (Å²) in [5.41, 5.74) is 1.79. The Balaban J connectivity index is 2.29. The van der Waals surface area contributed by atoms with Gasteiger partial charge in [-0.25, -0.2) is 0 Å². The molecular weight excluding hydrogens is 306 g/mol. The average Bonchev–Trinajstić information content (AvgIpc) is 2.39. The SMILES string of the molecule is COC1CN(c2ccc(Br)cc2C(C)=O)CCC1C. The van der Waals surface area contributed by atoms with Gasteiger partial charge in [0.1, 0.15) is 0 Å². The molecule has 0 radical (unpaired) electrons. The van der Waals surface area contributed by atoms with E-state index in [-0.39, 0.29) is 11.9 Å². The summed E-state index contributed by atoms with van der Waals surface area (Å²) in [6.07, 6.45) is 1.32. The molecule has 2 rings (SSSR count). The van der Waals surface area contributed by atoms with Crippen LogP contribution in [0.5, 0.6) is 0 Å². The van der Waals surface area contributed by atoms with Crippen molar-refractivity contribution in [2.24, 2.45) is 5.92 Å². The van der Waals surface area contributed by atoms with E-state index in [1.165, 1.54) is 0 Å². The second-order valence-electron chi connectivity index (χ2n) is 5.20. The summed E-state index contributed by atoms with van der Waals surface area (Å²) in [6.45, 7) is 5.66. The van der Waals surface area contributed by atoms with E-state index in [9.17, 15) is 4.79 Å². The molecule has 1 fully saturated rings. The zero-order chi connectivity index (χ0) is 14.0. The summed E-state index contributed by atoms with van der Waals surface area (Å²) >= 11 is 3.43. The number of carbonyl (C=O) groups excluding carboxylic acids is 1. The topological polar surface area (TPSA) is 29.5 Å². The standard InChI is InChI=1S/C15H20BrNO2/c1-10-6-7-17(9-15(10)19-3)14-5-4-12(16)8-13(14)11(2)18/h4-5,8,10,15H,6-7,9H2,1-3H3. The number of hydrogen-bond donors (Lipinski definition) is 0. The Hall–Kier alpha value is -0.870. The third kappa shape index (κ3) is 3.18. The van der Waals surface area contributed by atoms with Crippen molar-refractivity contribution in [1.29, 1.82) is 0 Å². The minimum absolute atomic E-state index is 0.101. The largest absolute Gasteiger partial charge is 0.379 e. The molecule has 0 amide bonds. The van der Waals surface area contributed by atoms with Gasteiger partial charge in [0.05, 0.1) is 6.10 Å². The fourth-order valence-electron chi connectivity index (χ4n) is 2.63. The minimum atomic E-state index is 0.101. The number of carbonyl (C=O) groups is 1. The van der Waals surface area contributed by atoms with Gasteiger partial charge in [-0.15, -0.1) is 0 Å². The highest BCUT2D eigenvalue weighted by atomic mass is 79.9. The van der Waals surface area contributed by atoms with Gasteiger partial charge in [0, 0.05) is 35.9 Å². The molecule has 19 heavy (non-hydrogen) atoms. The molecule has 4 heteroatoms. The van der Waals surface area contributed by atoms with Crippen LogP contribution < -0.4 is 4.90 Å². The van der Waals surface area contributed by atoms with Crippen LogP contribution in [0.2, 0.25) is 0 Å². The van der Waals surface area contributed by atoms with E-state index < -0.39 is 0 Å². The fourth-order valence-corrected chi connectivity index (χ4v) is 2.99. The normalized spacial score (nSPS) is 23.5. The second-order valence-corrected chi connectivity index (χ2v) is 6.12. The Bertz CT molecular complexity index is 475. The number of benzene rings is 1. The molecule has 1 aliphatic heterocycles. The molecule has 1 aromatic rings. The number of anilines is 1. The Morgan fingerprint density at radius 2 is 2.21 bits per heavy atom. The molecule has 1 aliphatic rings. The van der Waals surface area contributed by atoms with Crippen molar-refractivity contribution in [3.8, 4) is 0 Å². The second kappa shape index (κ2) is 6.06. The van der Waals surface area contributed by atoms with Crippen LogP contribution in [0.25, 0.3) is 0 Å². The fraction of sp³-hybridized carbons (Fsp3) is 0.533. The lowest BCUT2D eigenvalue weighted by Crippen LogP contribution is -2.44. The van der Waals surface area contributed by atoms with E-state index in [1.54, 1.807) is 14.0 Å². The van der Waals surface area contributed by atoms with Gasteiger partial charge in [0.15, 0.2) is 5.78 Å². The molecule has 1 saturated heterocycles. The highest BCUT2D eigenvalue weighted by Gasteiger charge is 2.27. The van der Waals surface area contributed by atoms with Gasteiger partial charge in [-0.1, -0.05) is 22.9 Å². The van der Waals surface area contributed by atoms with Crippen molar-refractivity contribution in [3.63, 3.8) is 0 Å². The van der Waals surface area contributed by atoms with Crippen LogP contribution in [0.15, 0.2) is 22.7 Å². The predicted molar refractivity (Wildman–Crippen MR) is 80.9 cm³/mol. The van der Waals surface area contributed by atoms with Crippen LogP contribution in [0.3, 0.4) is 0 Å². The van der Waals surface area contributed by atoms with Crippen LogP contribution in [-0.4, -0.2) is 32.1 Å². The molecule has 3 nitrogen and oxygen atoms in total. The van der Waals surface area contributed by atoms with Gasteiger partial charge in [-0.05, 0) is 37.5 Å². The van der Waals surface area contributed by atoms with Gasteiger partial charge in [0.25, 0.3) is 0 Å². The summed E-state index contributed by atoms with van der Waals surface area (Å²) < 4.78 is 6.48. The number of rotatable bonds is 3. The number of nitrogens with zero attached hydrogens (tertiary/aromatic N) is 1. The maximum absolute atomic E-state index is 11.8. The Morgan fingerprint density at radius 3 is 2.84 bits per heavy atom. The van der Waals surface area contributed by atoms with E-state index in [1.807, 2.05) is 18.2 Å². The number of Topliss-reactive ketones (excluding diaryl/α,β-unsaturated/α-hetero) is 1. The molecule has 2 atom stereocenters. The highest BCUT2D eigenvalue weighted by molar-refractivity contribution is 9.10. The number of piperidine rings is 1. The Labute approximate surface area is 123 Å². The lowest BCUT2D eigenvalue weighted by atomic mass is 9.94. The molecule has 104 valence electrons. The predicted octanol–water partition coefficient (Wildman–Crippen LogP) is 3.51. The van der Waals surface area contributed by atoms with Gasteiger partial charge in [0.2, 0.25) is 0 Å². The molecule has 1 aromatic carbocycles. The zero-order valence-corrected chi connectivity index (χ0v) is 13.2. The van der Waals surface area contributed by atoms with Crippen LogP contribution in [-0.2, 0) is 4.74 Å². The smallest absolute Gasteiger partial charge is 0.161 e. The molecule has 0 aliphatic carbocycles. The number of methoxy groups -OCH3 is 1. The molecule has 0 aromatic heterocycles. The van der Waals surface area contributed by atoms with E-state index in [2.05, 4.69) is 27.8 Å². The first-order valence-electron chi connectivity index (χ1n) is 6.61. The highest BCUT2D eigenvalue weighted by Crippen LogP contribution is 2.29. The molecule has 2 unspecified atom stereocenters. The van der Waals surface area contributed by atoms with Crippen molar-refractivity contribution in [2.75, 3.05) is 25.1 Å². The average molecular weight is 326 g/mol. The Morgan fingerprint density at radius 1 is 1.47 bits per heavy atom. The first-order valence-corrected chi connectivity index (χ1v) is 7.40. The van der Waals surface area contributed by atoms with Crippen LogP contribution >= 0.6 is 15.9 Å². The summed E-state index contributed by atoms with van der Waals surface area (Å²) in [4.78, 5) is 14.1. The Kier molecular flexibility index (Phi) is 4.63. The van der Waals surface area contributed by atoms with Gasteiger partial charge >= 0.3 is 0 Å². The maximum Gasteiger partial charge on any atom is 0.161 e.